The minimum Gasteiger partial charge on any atom is -0.360 e. The Morgan fingerprint density at radius 1 is 1.53 bits per heavy atom. The average molecular weight is 248 g/mol. The molecule has 82 valence electrons. The van der Waals surface area contributed by atoms with Gasteiger partial charge in [-0.2, -0.15) is 0 Å². The van der Waals surface area contributed by atoms with Gasteiger partial charge in [0.2, 0.25) is 0 Å². The maximum atomic E-state index is 11.3. The standard InChI is InChI=1S/C9H11Cl2N3O/c1-5(2)6(15)3-12-9-8(11)14-7(10)4-13-9/h4-5H,3H2,1-2H3,(H,12,13). The van der Waals surface area contributed by atoms with E-state index in [9.17, 15) is 4.79 Å². The predicted molar refractivity (Wildman–Crippen MR) is 60.4 cm³/mol. The van der Waals surface area contributed by atoms with E-state index in [1.165, 1.54) is 6.20 Å². The lowest BCUT2D eigenvalue weighted by Crippen LogP contribution is -2.19. The number of carbonyl (C=O) groups is 1. The van der Waals surface area contributed by atoms with Gasteiger partial charge in [-0.3, -0.25) is 4.79 Å². The molecule has 1 heterocycles. The van der Waals surface area contributed by atoms with Gasteiger partial charge in [0.25, 0.3) is 0 Å². The second kappa shape index (κ2) is 5.28. The van der Waals surface area contributed by atoms with Crippen LogP contribution >= 0.6 is 23.2 Å². The second-order valence-electron chi connectivity index (χ2n) is 3.31. The highest BCUT2D eigenvalue weighted by Gasteiger charge is 2.09. The zero-order valence-electron chi connectivity index (χ0n) is 8.42. The molecular formula is C9H11Cl2N3O. The van der Waals surface area contributed by atoms with Gasteiger partial charge in [-0.1, -0.05) is 37.0 Å². The average Bonchev–Trinajstić information content (AvgIpc) is 2.15. The van der Waals surface area contributed by atoms with E-state index in [0.29, 0.717) is 5.82 Å². The Bertz CT molecular complexity index is 368. The van der Waals surface area contributed by atoms with E-state index >= 15 is 0 Å². The lowest BCUT2D eigenvalue weighted by Gasteiger charge is -2.07. The van der Waals surface area contributed by atoms with Crippen molar-refractivity contribution in [3.8, 4) is 0 Å². The van der Waals surface area contributed by atoms with Crippen molar-refractivity contribution in [3.63, 3.8) is 0 Å². The van der Waals surface area contributed by atoms with Crippen molar-refractivity contribution < 1.29 is 4.79 Å². The summed E-state index contributed by atoms with van der Waals surface area (Å²) in [6.07, 6.45) is 1.37. The van der Waals surface area contributed by atoms with Crippen LogP contribution in [0.15, 0.2) is 6.20 Å². The van der Waals surface area contributed by atoms with E-state index < -0.39 is 0 Å². The van der Waals surface area contributed by atoms with Crippen molar-refractivity contribution in [1.29, 1.82) is 0 Å². The van der Waals surface area contributed by atoms with Crippen molar-refractivity contribution >= 4 is 34.8 Å². The number of nitrogens with zero attached hydrogens (tertiary/aromatic N) is 2. The van der Waals surface area contributed by atoms with Gasteiger partial charge < -0.3 is 5.32 Å². The summed E-state index contributed by atoms with van der Waals surface area (Å²) in [6, 6.07) is 0. The first-order valence-electron chi connectivity index (χ1n) is 4.45. The Balaban J connectivity index is 2.62. The highest BCUT2D eigenvalue weighted by atomic mass is 35.5. The smallest absolute Gasteiger partial charge is 0.173 e. The van der Waals surface area contributed by atoms with Crippen LogP contribution in [0, 0.1) is 5.92 Å². The molecule has 0 bridgehead atoms. The Kier molecular flexibility index (Phi) is 4.29. The largest absolute Gasteiger partial charge is 0.360 e. The van der Waals surface area contributed by atoms with E-state index in [2.05, 4.69) is 15.3 Å². The summed E-state index contributed by atoms with van der Waals surface area (Å²) in [4.78, 5) is 19.0. The van der Waals surface area contributed by atoms with Gasteiger partial charge in [-0.05, 0) is 0 Å². The van der Waals surface area contributed by atoms with Crippen LogP contribution in [0.4, 0.5) is 5.82 Å². The molecule has 0 atom stereocenters. The second-order valence-corrected chi connectivity index (χ2v) is 4.05. The minimum absolute atomic E-state index is 0.0171. The molecule has 0 aliphatic rings. The molecule has 6 heteroatoms. The third-order valence-corrected chi connectivity index (χ3v) is 2.22. The van der Waals surface area contributed by atoms with Crippen LogP contribution in [-0.4, -0.2) is 22.3 Å². The Morgan fingerprint density at radius 2 is 2.20 bits per heavy atom. The molecular weight excluding hydrogens is 237 g/mol. The summed E-state index contributed by atoms with van der Waals surface area (Å²) < 4.78 is 0. The normalized spacial score (nSPS) is 10.5. The zero-order valence-corrected chi connectivity index (χ0v) is 9.93. The van der Waals surface area contributed by atoms with E-state index in [1.807, 2.05) is 13.8 Å². The molecule has 0 saturated carbocycles. The van der Waals surface area contributed by atoms with Crippen molar-refractivity contribution in [2.45, 2.75) is 13.8 Å². The van der Waals surface area contributed by atoms with Crippen molar-refractivity contribution in [3.05, 3.63) is 16.5 Å². The first-order valence-corrected chi connectivity index (χ1v) is 5.21. The van der Waals surface area contributed by atoms with E-state index in [0.717, 1.165) is 0 Å². The summed E-state index contributed by atoms with van der Waals surface area (Å²) in [7, 11) is 0. The van der Waals surface area contributed by atoms with Gasteiger partial charge in [0, 0.05) is 5.92 Å². The first-order chi connectivity index (χ1) is 7.00. The number of halogens is 2. The quantitative estimate of drug-likeness (QED) is 0.888. The highest BCUT2D eigenvalue weighted by molar-refractivity contribution is 6.33. The number of carbonyl (C=O) groups excluding carboxylic acids is 1. The monoisotopic (exact) mass is 247 g/mol. The van der Waals surface area contributed by atoms with Crippen LogP contribution in [0.2, 0.25) is 10.3 Å². The molecule has 0 aliphatic carbocycles. The van der Waals surface area contributed by atoms with E-state index in [1.54, 1.807) is 0 Å². The van der Waals surface area contributed by atoms with Gasteiger partial charge in [-0.25, -0.2) is 9.97 Å². The molecule has 1 rings (SSSR count). The number of hydrogen-bond acceptors (Lipinski definition) is 4. The summed E-state index contributed by atoms with van der Waals surface area (Å²) in [6.45, 7) is 3.85. The fourth-order valence-corrected chi connectivity index (χ4v) is 1.22. The summed E-state index contributed by atoms with van der Waals surface area (Å²) in [5.74, 6) is 0.439. The zero-order chi connectivity index (χ0) is 11.4. The van der Waals surface area contributed by atoms with Gasteiger partial charge in [0.05, 0.1) is 12.7 Å². The molecule has 1 N–H and O–H groups in total. The lowest BCUT2D eigenvalue weighted by molar-refractivity contribution is -0.120. The number of aromatic nitrogens is 2. The SMILES string of the molecule is CC(C)C(=O)CNc1ncc(Cl)nc1Cl. The molecule has 0 spiro atoms. The lowest BCUT2D eigenvalue weighted by atomic mass is 10.1. The third-order valence-electron chi connectivity index (χ3n) is 1.77. The molecule has 0 aromatic carbocycles. The number of nitrogens with one attached hydrogen (secondary N) is 1. The Morgan fingerprint density at radius 3 is 2.73 bits per heavy atom. The molecule has 0 aliphatic heterocycles. The fraction of sp³-hybridized carbons (Fsp3) is 0.444. The molecule has 1 aromatic rings. The molecule has 0 saturated heterocycles. The van der Waals surface area contributed by atoms with Crippen LogP contribution in [0.5, 0.6) is 0 Å². The molecule has 0 amide bonds. The van der Waals surface area contributed by atoms with Crippen LogP contribution in [0.3, 0.4) is 0 Å². The third kappa shape index (κ3) is 3.64. The van der Waals surface area contributed by atoms with Crippen molar-refractivity contribution in [1.82, 2.24) is 9.97 Å². The Labute approximate surface area is 98.0 Å². The van der Waals surface area contributed by atoms with Gasteiger partial charge in [0.15, 0.2) is 16.8 Å². The maximum absolute atomic E-state index is 11.3. The number of anilines is 1. The van der Waals surface area contributed by atoms with Crippen molar-refractivity contribution in [2.75, 3.05) is 11.9 Å². The molecule has 0 fully saturated rings. The number of ketones is 1. The van der Waals surface area contributed by atoms with E-state index in [4.69, 9.17) is 23.2 Å². The molecule has 1 aromatic heterocycles. The highest BCUT2D eigenvalue weighted by Crippen LogP contribution is 2.17. The van der Waals surface area contributed by atoms with Gasteiger partial charge >= 0.3 is 0 Å². The summed E-state index contributed by atoms with van der Waals surface area (Å²) in [5.41, 5.74) is 0. The predicted octanol–water partition coefficient (Wildman–Crippen LogP) is 2.42. The van der Waals surface area contributed by atoms with Crippen molar-refractivity contribution in [2.24, 2.45) is 5.92 Å². The summed E-state index contributed by atoms with van der Waals surface area (Å²) >= 11 is 11.3. The van der Waals surface area contributed by atoms with E-state index in [-0.39, 0.29) is 28.6 Å². The fourth-order valence-electron chi connectivity index (χ4n) is 0.840. The van der Waals surface area contributed by atoms with Gasteiger partial charge in [-0.15, -0.1) is 0 Å². The van der Waals surface area contributed by atoms with Gasteiger partial charge in [0.1, 0.15) is 5.15 Å². The number of Topliss-reactive ketones (excluding diaryl/α,β-unsaturated/α-hetero) is 1. The molecule has 4 nitrogen and oxygen atoms in total. The summed E-state index contributed by atoms with van der Waals surface area (Å²) in [5, 5.41) is 3.20. The first kappa shape index (κ1) is 12.2. The van der Waals surface area contributed by atoms with Crippen LogP contribution < -0.4 is 5.32 Å². The molecule has 0 unspecified atom stereocenters. The number of rotatable bonds is 4. The minimum atomic E-state index is -0.0171. The maximum Gasteiger partial charge on any atom is 0.173 e. The molecule has 0 radical (unpaired) electrons. The van der Waals surface area contributed by atoms with Crippen LogP contribution in [0.25, 0.3) is 0 Å². The van der Waals surface area contributed by atoms with Crippen LogP contribution in [0.1, 0.15) is 13.8 Å². The number of hydrogen-bond donors (Lipinski definition) is 1. The topological polar surface area (TPSA) is 54.9 Å². The molecule has 15 heavy (non-hydrogen) atoms. The van der Waals surface area contributed by atoms with Crippen LogP contribution in [-0.2, 0) is 4.79 Å². The Hall–Kier alpha value is -0.870.